The number of aromatic hydroxyl groups is 1. The molecule has 6 nitrogen and oxygen atoms in total. The van der Waals surface area contributed by atoms with E-state index in [1.54, 1.807) is 6.92 Å². The van der Waals surface area contributed by atoms with E-state index >= 15 is 0 Å². The summed E-state index contributed by atoms with van der Waals surface area (Å²) in [5, 5.41) is 20.1. The van der Waals surface area contributed by atoms with E-state index in [4.69, 9.17) is 26.8 Å². The van der Waals surface area contributed by atoms with Crippen molar-refractivity contribution in [2.75, 3.05) is 6.61 Å². The van der Waals surface area contributed by atoms with E-state index in [1.807, 2.05) is 6.07 Å². The quantitative estimate of drug-likeness (QED) is 0.735. The van der Waals surface area contributed by atoms with Crippen LogP contribution in [0.1, 0.15) is 25.3 Å². The molecule has 1 aromatic carbocycles. The van der Waals surface area contributed by atoms with Gasteiger partial charge in [0.05, 0.1) is 23.1 Å². The number of nitrogens with two attached hydrogens (primary N) is 1. The number of nitriles is 1. The SMILES string of the molecule is CCOC(=O)C1=C(C)OC(N)=C(C#N)C1c1c(O)ccc(Cl)c1Br. The summed E-state index contributed by atoms with van der Waals surface area (Å²) < 4.78 is 10.7. The van der Waals surface area contributed by atoms with E-state index in [0.717, 1.165) is 0 Å². The minimum atomic E-state index is -0.962. The van der Waals surface area contributed by atoms with E-state index in [0.29, 0.717) is 9.50 Å². The van der Waals surface area contributed by atoms with Crippen molar-refractivity contribution in [2.24, 2.45) is 5.73 Å². The number of phenols is 1. The fourth-order valence-electron chi connectivity index (χ4n) is 2.47. The Morgan fingerprint density at radius 3 is 2.83 bits per heavy atom. The molecule has 1 aliphatic rings. The summed E-state index contributed by atoms with van der Waals surface area (Å²) in [5.74, 6) is -1.71. The molecule has 3 N–H and O–H groups in total. The molecule has 0 fully saturated rings. The van der Waals surface area contributed by atoms with Crippen LogP contribution >= 0.6 is 27.5 Å². The molecule has 0 amide bonds. The lowest BCUT2D eigenvalue weighted by Gasteiger charge is -2.28. The topological polar surface area (TPSA) is 106 Å². The number of ether oxygens (including phenoxy) is 2. The van der Waals surface area contributed by atoms with Gasteiger partial charge in [0.15, 0.2) is 0 Å². The number of rotatable bonds is 3. The number of halogens is 2. The van der Waals surface area contributed by atoms with Crippen LogP contribution in [0.4, 0.5) is 0 Å². The van der Waals surface area contributed by atoms with Crippen molar-refractivity contribution in [2.45, 2.75) is 19.8 Å². The van der Waals surface area contributed by atoms with Crippen molar-refractivity contribution in [3.8, 4) is 11.8 Å². The zero-order valence-corrected chi connectivity index (χ0v) is 15.2. The molecular weight excluding hydrogens is 400 g/mol. The first kappa shape index (κ1) is 18.2. The normalized spacial score (nSPS) is 17.4. The highest BCUT2D eigenvalue weighted by atomic mass is 79.9. The average Bonchev–Trinajstić information content (AvgIpc) is 2.51. The lowest BCUT2D eigenvalue weighted by Crippen LogP contribution is -2.25. The Balaban J connectivity index is 2.77. The first-order chi connectivity index (χ1) is 11.3. The Hall–Kier alpha value is -2.17. The van der Waals surface area contributed by atoms with Gasteiger partial charge in [0.1, 0.15) is 23.2 Å². The lowest BCUT2D eigenvalue weighted by atomic mass is 9.82. The van der Waals surface area contributed by atoms with Crippen LogP contribution in [0.3, 0.4) is 0 Å². The molecule has 0 saturated carbocycles. The van der Waals surface area contributed by atoms with Crippen molar-refractivity contribution >= 4 is 33.5 Å². The second kappa shape index (κ2) is 7.16. The molecule has 0 radical (unpaired) electrons. The Kier molecular flexibility index (Phi) is 5.42. The average molecular weight is 414 g/mol. The van der Waals surface area contributed by atoms with Gasteiger partial charge in [-0.3, -0.25) is 0 Å². The Morgan fingerprint density at radius 2 is 2.25 bits per heavy atom. The largest absolute Gasteiger partial charge is 0.508 e. The third-order valence-corrected chi connectivity index (χ3v) is 4.90. The number of carbonyl (C=O) groups is 1. The fourth-order valence-corrected chi connectivity index (χ4v) is 3.20. The Bertz CT molecular complexity index is 811. The minimum absolute atomic E-state index is 0.0121. The van der Waals surface area contributed by atoms with Crippen LogP contribution in [-0.2, 0) is 14.3 Å². The maximum Gasteiger partial charge on any atom is 0.338 e. The molecule has 8 heteroatoms. The molecule has 1 heterocycles. The van der Waals surface area contributed by atoms with Crippen LogP contribution in [0.25, 0.3) is 0 Å². The summed E-state index contributed by atoms with van der Waals surface area (Å²) in [6.07, 6.45) is 0. The third-order valence-electron chi connectivity index (χ3n) is 3.50. The first-order valence-corrected chi connectivity index (χ1v) is 8.12. The number of hydrogen-bond acceptors (Lipinski definition) is 6. The number of esters is 1. The van der Waals surface area contributed by atoms with Crippen LogP contribution in [0.15, 0.2) is 39.4 Å². The number of allylic oxidation sites excluding steroid dienone is 2. The van der Waals surface area contributed by atoms with Crippen LogP contribution in [0.5, 0.6) is 5.75 Å². The number of nitrogens with zero attached hydrogens (tertiary/aromatic N) is 1. The van der Waals surface area contributed by atoms with Crippen molar-refractivity contribution in [3.05, 3.63) is 50.0 Å². The summed E-state index contributed by atoms with van der Waals surface area (Å²) in [7, 11) is 0. The van der Waals surface area contributed by atoms with E-state index in [2.05, 4.69) is 15.9 Å². The molecule has 0 bridgehead atoms. The standard InChI is InChI=1S/C16H14BrClN2O4/c1-3-23-16(22)11-7(2)24-15(20)8(6-19)12(11)13-10(21)5-4-9(18)14(13)17/h4-5,12,21H,3,20H2,1-2H3. The highest BCUT2D eigenvalue weighted by Crippen LogP contribution is 2.47. The smallest absolute Gasteiger partial charge is 0.338 e. The summed E-state index contributed by atoms with van der Waals surface area (Å²) in [6, 6.07) is 4.80. The van der Waals surface area contributed by atoms with Gasteiger partial charge in [-0.2, -0.15) is 5.26 Å². The lowest BCUT2D eigenvalue weighted by molar-refractivity contribution is -0.139. The van der Waals surface area contributed by atoms with E-state index in [9.17, 15) is 15.2 Å². The molecule has 1 unspecified atom stereocenters. The monoisotopic (exact) mass is 412 g/mol. The molecule has 2 rings (SSSR count). The van der Waals surface area contributed by atoms with Crippen LogP contribution in [0, 0.1) is 11.3 Å². The van der Waals surface area contributed by atoms with Gasteiger partial charge < -0.3 is 20.3 Å². The number of carbonyl (C=O) groups excluding carboxylic acids is 1. The molecule has 0 aromatic heterocycles. The fraction of sp³-hybridized carbons (Fsp3) is 0.250. The predicted molar refractivity (Wildman–Crippen MR) is 90.8 cm³/mol. The van der Waals surface area contributed by atoms with Gasteiger partial charge in [-0.25, -0.2) is 4.79 Å². The van der Waals surface area contributed by atoms with Crippen LogP contribution in [0.2, 0.25) is 5.02 Å². The molecule has 0 saturated heterocycles. The number of hydrogen-bond donors (Lipinski definition) is 2. The Morgan fingerprint density at radius 1 is 1.58 bits per heavy atom. The summed E-state index contributed by atoms with van der Waals surface area (Å²) in [6.45, 7) is 3.34. The van der Waals surface area contributed by atoms with E-state index in [-0.39, 0.29) is 40.7 Å². The second-order valence-electron chi connectivity index (χ2n) is 4.91. The third kappa shape index (κ3) is 3.07. The van der Waals surface area contributed by atoms with Crippen molar-refractivity contribution in [1.29, 1.82) is 5.26 Å². The van der Waals surface area contributed by atoms with Crippen LogP contribution in [-0.4, -0.2) is 17.7 Å². The first-order valence-electron chi connectivity index (χ1n) is 6.95. The number of benzene rings is 1. The maximum atomic E-state index is 12.4. The van der Waals surface area contributed by atoms with Crippen LogP contribution < -0.4 is 5.73 Å². The van der Waals surface area contributed by atoms with Gasteiger partial charge in [-0.1, -0.05) is 11.6 Å². The van der Waals surface area contributed by atoms with E-state index < -0.39 is 11.9 Å². The maximum absolute atomic E-state index is 12.4. The Labute approximate surface area is 152 Å². The van der Waals surface area contributed by atoms with Crippen molar-refractivity contribution in [3.63, 3.8) is 0 Å². The van der Waals surface area contributed by atoms with Gasteiger partial charge in [-0.05, 0) is 41.9 Å². The van der Waals surface area contributed by atoms with E-state index in [1.165, 1.54) is 19.1 Å². The minimum Gasteiger partial charge on any atom is -0.508 e. The molecule has 1 atom stereocenters. The second-order valence-corrected chi connectivity index (χ2v) is 6.11. The zero-order chi connectivity index (χ0) is 18.0. The molecule has 126 valence electrons. The highest BCUT2D eigenvalue weighted by Gasteiger charge is 2.39. The zero-order valence-electron chi connectivity index (χ0n) is 12.9. The highest BCUT2D eigenvalue weighted by molar-refractivity contribution is 9.10. The molecule has 1 aliphatic heterocycles. The molecule has 0 aliphatic carbocycles. The van der Waals surface area contributed by atoms with Gasteiger partial charge in [0.2, 0.25) is 5.88 Å². The molecule has 1 aromatic rings. The predicted octanol–water partition coefficient (Wildman–Crippen LogP) is 3.45. The summed E-state index contributed by atoms with van der Waals surface area (Å²) in [5.41, 5.74) is 6.12. The van der Waals surface area contributed by atoms with Crippen molar-refractivity contribution in [1.82, 2.24) is 0 Å². The molecule has 0 spiro atoms. The molecule has 24 heavy (non-hydrogen) atoms. The van der Waals surface area contributed by atoms with Crippen molar-refractivity contribution < 1.29 is 19.4 Å². The summed E-state index contributed by atoms with van der Waals surface area (Å²) >= 11 is 9.40. The van der Waals surface area contributed by atoms with Gasteiger partial charge >= 0.3 is 5.97 Å². The van der Waals surface area contributed by atoms with Gasteiger partial charge in [0.25, 0.3) is 0 Å². The molecular formula is C16H14BrClN2O4. The summed E-state index contributed by atoms with van der Waals surface area (Å²) in [4.78, 5) is 12.4. The number of phenolic OH excluding ortho intramolecular Hbond substituents is 1. The van der Waals surface area contributed by atoms with Gasteiger partial charge in [-0.15, -0.1) is 0 Å². The van der Waals surface area contributed by atoms with Gasteiger partial charge in [0, 0.05) is 10.0 Å².